The molecular weight excluding hydrogens is 412 g/mol. The molecule has 1 saturated heterocycles. The molecule has 0 unspecified atom stereocenters. The van der Waals surface area contributed by atoms with Crippen LogP contribution in [0.5, 0.6) is 0 Å². The number of aliphatic hydroxyl groups excluding tert-OH is 1. The number of aromatic nitrogens is 3. The van der Waals surface area contributed by atoms with Crippen LogP contribution >= 0.6 is 0 Å². The van der Waals surface area contributed by atoms with E-state index in [9.17, 15) is 5.11 Å². The average Bonchev–Trinajstić information content (AvgIpc) is 2.83. The van der Waals surface area contributed by atoms with E-state index < -0.39 is 0 Å². The van der Waals surface area contributed by atoms with Crippen molar-refractivity contribution in [1.82, 2.24) is 19.9 Å². The van der Waals surface area contributed by atoms with Crippen molar-refractivity contribution in [3.63, 3.8) is 0 Å². The number of hydrogen-bond acceptors (Lipinski definition) is 7. The third kappa shape index (κ3) is 6.87. The second-order valence-electron chi connectivity index (χ2n) is 9.89. The van der Waals surface area contributed by atoms with Gasteiger partial charge in [-0.2, -0.15) is 4.98 Å². The van der Waals surface area contributed by atoms with E-state index in [1.165, 1.54) is 31.5 Å². The summed E-state index contributed by atoms with van der Waals surface area (Å²) in [5, 5.41) is 16.8. The highest BCUT2D eigenvalue weighted by atomic mass is 16.3. The number of nitrogens with one attached hydrogen (secondary N) is 2. The summed E-state index contributed by atoms with van der Waals surface area (Å²) in [5.41, 5.74) is 3.15. The van der Waals surface area contributed by atoms with Crippen LogP contribution < -0.4 is 10.6 Å². The van der Waals surface area contributed by atoms with E-state index >= 15 is 0 Å². The Bertz CT molecular complexity index is 858. The Balaban J connectivity index is 1.48. The van der Waals surface area contributed by atoms with Crippen LogP contribution in [-0.2, 0) is 6.42 Å². The summed E-state index contributed by atoms with van der Waals surface area (Å²) in [4.78, 5) is 16.6. The molecule has 1 aliphatic carbocycles. The van der Waals surface area contributed by atoms with E-state index in [0.717, 1.165) is 74.5 Å². The summed E-state index contributed by atoms with van der Waals surface area (Å²) in [7, 11) is 2.21. The Labute approximate surface area is 198 Å². The fourth-order valence-corrected chi connectivity index (χ4v) is 4.86. The lowest BCUT2D eigenvalue weighted by Gasteiger charge is -2.29. The third-order valence-electron chi connectivity index (χ3n) is 7.10. The van der Waals surface area contributed by atoms with Crippen LogP contribution in [0.15, 0.2) is 24.5 Å². The zero-order valence-corrected chi connectivity index (χ0v) is 20.3. The molecule has 4 rings (SSSR count). The molecule has 7 nitrogen and oxygen atoms in total. The van der Waals surface area contributed by atoms with E-state index in [-0.39, 0.29) is 6.10 Å². The van der Waals surface area contributed by atoms with Gasteiger partial charge in [-0.3, -0.25) is 4.98 Å². The van der Waals surface area contributed by atoms with Gasteiger partial charge in [-0.05, 0) is 89.1 Å². The second-order valence-corrected chi connectivity index (χ2v) is 9.89. The van der Waals surface area contributed by atoms with Crippen molar-refractivity contribution in [3.8, 4) is 11.3 Å². The van der Waals surface area contributed by atoms with E-state index in [4.69, 9.17) is 9.97 Å². The summed E-state index contributed by atoms with van der Waals surface area (Å²) in [6.07, 6.45) is 13.2. The van der Waals surface area contributed by atoms with Gasteiger partial charge in [0.25, 0.3) is 0 Å². The van der Waals surface area contributed by atoms with Crippen LogP contribution in [0.1, 0.15) is 63.9 Å². The molecule has 3 N–H and O–H groups in total. The van der Waals surface area contributed by atoms with Crippen molar-refractivity contribution in [2.75, 3.05) is 37.3 Å². The Morgan fingerprint density at radius 1 is 1.03 bits per heavy atom. The Morgan fingerprint density at radius 2 is 1.82 bits per heavy atom. The number of rotatable bonds is 9. The number of unbranched alkanes of at least 4 members (excludes halogenated alkanes) is 1. The molecule has 3 heterocycles. The Kier molecular flexibility index (Phi) is 8.51. The minimum absolute atomic E-state index is 0.169. The number of pyridine rings is 1. The normalized spacial score (nSPS) is 22.3. The molecule has 2 fully saturated rings. The molecule has 1 aliphatic heterocycles. The number of hydrogen-bond donors (Lipinski definition) is 3. The molecule has 0 bridgehead atoms. The zero-order chi connectivity index (χ0) is 23.0. The van der Waals surface area contributed by atoms with Crippen LogP contribution in [0.4, 0.5) is 11.8 Å². The predicted octanol–water partition coefficient (Wildman–Crippen LogP) is 4.35. The lowest BCUT2D eigenvalue weighted by Crippen LogP contribution is -2.30. The highest BCUT2D eigenvalue weighted by molar-refractivity contribution is 5.73. The van der Waals surface area contributed by atoms with E-state index in [1.807, 2.05) is 12.4 Å². The lowest BCUT2D eigenvalue weighted by molar-refractivity contribution is 0.126. The van der Waals surface area contributed by atoms with Crippen molar-refractivity contribution in [2.45, 2.75) is 76.9 Å². The van der Waals surface area contributed by atoms with Gasteiger partial charge in [-0.25, -0.2) is 4.98 Å². The summed E-state index contributed by atoms with van der Waals surface area (Å²) < 4.78 is 0. The maximum atomic E-state index is 9.87. The van der Waals surface area contributed by atoms with Crippen molar-refractivity contribution < 1.29 is 5.11 Å². The number of anilines is 2. The molecule has 7 heteroatoms. The SMILES string of the molecule is CCCCNc1ncc(-c2ccc(CC3CCN(C)CC3)cn2)c(NC2CCC(O)CC2)n1. The van der Waals surface area contributed by atoms with Gasteiger partial charge in [0.05, 0.1) is 17.4 Å². The molecule has 0 amide bonds. The summed E-state index contributed by atoms with van der Waals surface area (Å²) in [6.45, 7) is 5.44. The minimum Gasteiger partial charge on any atom is -0.393 e. The Hall–Kier alpha value is -2.25. The second kappa shape index (κ2) is 11.7. The smallest absolute Gasteiger partial charge is 0.224 e. The Morgan fingerprint density at radius 3 is 2.52 bits per heavy atom. The summed E-state index contributed by atoms with van der Waals surface area (Å²) in [6, 6.07) is 4.65. The highest BCUT2D eigenvalue weighted by Gasteiger charge is 2.22. The summed E-state index contributed by atoms with van der Waals surface area (Å²) in [5.74, 6) is 2.25. The van der Waals surface area contributed by atoms with Crippen LogP contribution in [0.25, 0.3) is 11.3 Å². The number of likely N-dealkylation sites (tertiary alicyclic amines) is 1. The van der Waals surface area contributed by atoms with Gasteiger partial charge in [0.15, 0.2) is 0 Å². The average molecular weight is 453 g/mol. The van der Waals surface area contributed by atoms with Gasteiger partial charge >= 0.3 is 0 Å². The molecule has 33 heavy (non-hydrogen) atoms. The third-order valence-corrected chi connectivity index (χ3v) is 7.10. The van der Waals surface area contributed by atoms with Gasteiger partial charge in [-0.1, -0.05) is 19.4 Å². The van der Waals surface area contributed by atoms with Gasteiger partial charge < -0.3 is 20.6 Å². The number of nitrogens with zero attached hydrogens (tertiary/aromatic N) is 4. The predicted molar refractivity (Wildman–Crippen MR) is 134 cm³/mol. The quantitative estimate of drug-likeness (QED) is 0.488. The number of aliphatic hydroxyl groups is 1. The molecule has 0 spiro atoms. The first-order valence-electron chi connectivity index (χ1n) is 12.8. The standard InChI is InChI=1S/C26H40N6O/c1-3-4-13-27-26-29-18-23(25(31-26)30-21-6-8-22(33)9-7-21)24-10-5-20(17-28-24)16-19-11-14-32(2)15-12-19/h5,10,17-19,21-22,33H,3-4,6-9,11-16H2,1-2H3,(H2,27,29,30,31). The maximum Gasteiger partial charge on any atom is 0.224 e. The van der Waals surface area contributed by atoms with Gasteiger partial charge in [-0.15, -0.1) is 0 Å². The van der Waals surface area contributed by atoms with Crippen LogP contribution in [-0.4, -0.2) is 63.8 Å². The highest BCUT2D eigenvalue weighted by Crippen LogP contribution is 2.29. The molecule has 2 aromatic heterocycles. The maximum absolute atomic E-state index is 9.87. The van der Waals surface area contributed by atoms with E-state index in [2.05, 4.69) is 46.6 Å². The van der Waals surface area contributed by atoms with Crippen molar-refractivity contribution >= 4 is 11.8 Å². The van der Waals surface area contributed by atoms with Crippen LogP contribution in [0, 0.1) is 5.92 Å². The van der Waals surface area contributed by atoms with Gasteiger partial charge in [0.1, 0.15) is 5.82 Å². The monoisotopic (exact) mass is 452 g/mol. The first-order valence-corrected chi connectivity index (χ1v) is 12.8. The van der Waals surface area contributed by atoms with Crippen LogP contribution in [0.3, 0.4) is 0 Å². The first-order chi connectivity index (χ1) is 16.1. The fourth-order valence-electron chi connectivity index (χ4n) is 4.86. The largest absolute Gasteiger partial charge is 0.393 e. The van der Waals surface area contributed by atoms with Crippen molar-refractivity contribution in [2.24, 2.45) is 5.92 Å². The molecule has 0 radical (unpaired) electrons. The van der Waals surface area contributed by atoms with Gasteiger partial charge in [0.2, 0.25) is 5.95 Å². The summed E-state index contributed by atoms with van der Waals surface area (Å²) >= 11 is 0. The molecule has 0 aromatic carbocycles. The van der Waals surface area contributed by atoms with Crippen molar-refractivity contribution in [1.29, 1.82) is 0 Å². The first kappa shape index (κ1) is 23.9. The molecular formula is C26H40N6O. The minimum atomic E-state index is -0.169. The molecule has 1 saturated carbocycles. The fraction of sp³-hybridized carbons (Fsp3) is 0.654. The van der Waals surface area contributed by atoms with E-state index in [0.29, 0.717) is 12.0 Å². The molecule has 180 valence electrons. The van der Waals surface area contributed by atoms with Crippen molar-refractivity contribution in [3.05, 3.63) is 30.1 Å². The number of piperidine rings is 1. The molecule has 2 aliphatic rings. The van der Waals surface area contributed by atoms with E-state index in [1.54, 1.807) is 0 Å². The van der Waals surface area contributed by atoms with Gasteiger partial charge in [0, 0.05) is 25.0 Å². The molecule has 2 aromatic rings. The molecule has 0 atom stereocenters. The lowest BCUT2D eigenvalue weighted by atomic mass is 9.91. The van der Waals surface area contributed by atoms with Crippen LogP contribution in [0.2, 0.25) is 0 Å². The zero-order valence-electron chi connectivity index (χ0n) is 20.3. The topological polar surface area (TPSA) is 86.2 Å².